The van der Waals surface area contributed by atoms with Crippen LogP contribution in [0.1, 0.15) is 20.8 Å². The lowest BCUT2D eigenvalue weighted by Gasteiger charge is -2.19. The van der Waals surface area contributed by atoms with E-state index < -0.39 is 14.9 Å². The van der Waals surface area contributed by atoms with Gasteiger partial charge in [-0.3, -0.25) is 14.9 Å². The summed E-state index contributed by atoms with van der Waals surface area (Å²) in [6, 6.07) is 4.67. The number of nitro groups is 1. The molecule has 9 heteroatoms. The predicted octanol–water partition coefficient (Wildman–Crippen LogP) is 3.56. The summed E-state index contributed by atoms with van der Waals surface area (Å²) in [7, 11) is -4.18. The van der Waals surface area contributed by atoms with Crippen LogP contribution in [0.15, 0.2) is 55.3 Å². The standard InChI is InChI=1S/C16H15BrN2O5S/c1-9(2)14-13(20)7-10(3)16(15(14)17)18-25(23,24)12-6-4-5-11(8-12)19(21)22/h4-9H,1-3H3. The molecule has 1 aliphatic rings. The van der Waals surface area contributed by atoms with Crippen LogP contribution in [0.2, 0.25) is 0 Å². The zero-order valence-corrected chi connectivity index (χ0v) is 16.1. The van der Waals surface area contributed by atoms with Gasteiger partial charge in [0.25, 0.3) is 15.7 Å². The fraction of sp³-hybridized carbons (Fsp3) is 0.250. The van der Waals surface area contributed by atoms with Gasteiger partial charge in [-0.2, -0.15) is 12.8 Å². The maximum atomic E-state index is 12.6. The number of carbonyl (C=O) groups excluding carboxylic acids is 1. The Morgan fingerprint density at radius 3 is 2.48 bits per heavy atom. The molecule has 1 aromatic carbocycles. The lowest BCUT2D eigenvalue weighted by molar-refractivity contribution is -0.385. The predicted molar refractivity (Wildman–Crippen MR) is 97.3 cm³/mol. The fourth-order valence-corrected chi connectivity index (χ4v) is 4.61. The monoisotopic (exact) mass is 426 g/mol. The maximum Gasteiger partial charge on any atom is 0.283 e. The number of carbonyl (C=O) groups is 1. The number of hydrogen-bond acceptors (Lipinski definition) is 5. The number of allylic oxidation sites excluding steroid dienone is 4. The van der Waals surface area contributed by atoms with Gasteiger partial charge in [0.1, 0.15) is 0 Å². The molecular formula is C16H15BrN2O5S. The van der Waals surface area contributed by atoms with Crippen LogP contribution in [0.4, 0.5) is 5.69 Å². The average Bonchev–Trinajstić information content (AvgIpc) is 2.51. The van der Waals surface area contributed by atoms with Crippen molar-refractivity contribution >= 4 is 43.1 Å². The Hall–Kier alpha value is -2.13. The molecule has 0 bridgehead atoms. The molecule has 0 aliphatic heterocycles. The van der Waals surface area contributed by atoms with Gasteiger partial charge in [-0.05, 0) is 46.5 Å². The molecule has 7 nitrogen and oxygen atoms in total. The van der Waals surface area contributed by atoms with E-state index in [4.69, 9.17) is 0 Å². The normalized spacial score (nSPS) is 17.2. The molecule has 0 heterocycles. The number of sulfonamides is 1. The molecule has 25 heavy (non-hydrogen) atoms. The molecule has 2 rings (SSSR count). The summed E-state index contributed by atoms with van der Waals surface area (Å²) in [5.74, 6) is -0.331. The Morgan fingerprint density at radius 2 is 1.92 bits per heavy atom. The van der Waals surface area contributed by atoms with E-state index in [0.29, 0.717) is 15.6 Å². The van der Waals surface area contributed by atoms with Crippen LogP contribution in [0, 0.1) is 16.0 Å². The van der Waals surface area contributed by atoms with Gasteiger partial charge in [-0.25, -0.2) is 0 Å². The molecule has 0 atom stereocenters. The minimum absolute atomic E-state index is 0.120. The van der Waals surface area contributed by atoms with Gasteiger partial charge in [0.05, 0.1) is 20.0 Å². The first kappa shape index (κ1) is 19.2. The summed E-state index contributed by atoms with van der Waals surface area (Å²) in [4.78, 5) is 22.0. The van der Waals surface area contributed by atoms with Crippen molar-refractivity contribution in [2.24, 2.45) is 10.3 Å². The first-order chi connectivity index (χ1) is 11.5. The van der Waals surface area contributed by atoms with Crippen molar-refractivity contribution in [2.45, 2.75) is 25.7 Å². The highest BCUT2D eigenvalue weighted by Gasteiger charge is 2.27. The van der Waals surface area contributed by atoms with Crippen molar-refractivity contribution in [1.82, 2.24) is 0 Å². The topological polar surface area (TPSA) is 107 Å². The summed E-state index contributed by atoms with van der Waals surface area (Å²) < 4.78 is 29.2. The Morgan fingerprint density at radius 1 is 1.28 bits per heavy atom. The highest BCUT2D eigenvalue weighted by Crippen LogP contribution is 2.31. The molecule has 1 aliphatic carbocycles. The first-order valence-electron chi connectivity index (χ1n) is 7.27. The smallest absolute Gasteiger partial charge is 0.283 e. The molecule has 0 spiro atoms. The lowest BCUT2D eigenvalue weighted by Crippen LogP contribution is -2.20. The van der Waals surface area contributed by atoms with E-state index in [1.807, 2.05) is 13.8 Å². The van der Waals surface area contributed by atoms with Crippen molar-refractivity contribution in [3.8, 4) is 0 Å². The number of hydrogen-bond donors (Lipinski definition) is 0. The van der Waals surface area contributed by atoms with E-state index in [1.165, 1.54) is 24.3 Å². The van der Waals surface area contributed by atoms with Crippen LogP contribution in [0.25, 0.3) is 0 Å². The maximum absolute atomic E-state index is 12.6. The molecule has 132 valence electrons. The third kappa shape index (κ3) is 3.93. The summed E-state index contributed by atoms with van der Waals surface area (Å²) in [5.41, 5.74) is 0.605. The molecule has 0 fully saturated rings. The van der Waals surface area contributed by atoms with Crippen molar-refractivity contribution in [3.63, 3.8) is 0 Å². The fourth-order valence-electron chi connectivity index (χ4n) is 2.33. The average molecular weight is 427 g/mol. The van der Waals surface area contributed by atoms with E-state index in [0.717, 1.165) is 6.07 Å². The number of benzene rings is 1. The van der Waals surface area contributed by atoms with Gasteiger partial charge in [0, 0.05) is 17.7 Å². The summed E-state index contributed by atoms with van der Waals surface area (Å²) in [6.07, 6.45) is 1.34. The Labute approximate surface area is 153 Å². The molecule has 1 aromatic rings. The highest BCUT2D eigenvalue weighted by atomic mass is 79.9. The van der Waals surface area contributed by atoms with Gasteiger partial charge in [-0.15, -0.1) is 0 Å². The number of halogens is 1. The van der Waals surface area contributed by atoms with E-state index in [9.17, 15) is 23.3 Å². The van der Waals surface area contributed by atoms with Gasteiger partial charge in [-0.1, -0.05) is 19.9 Å². The molecule has 0 radical (unpaired) electrons. The first-order valence-corrected chi connectivity index (χ1v) is 9.50. The highest BCUT2D eigenvalue weighted by molar-refractivity contribution is 9.12. The minimum Gasteiger partial charge on any atom is -0.290 e. The van der Waals surface area contributed by atoms with Crippen molar-refractivity contribution in [2.75, 3.05) is 0 Å². The summed E-state index contributed by atoms with van der Waals surface area (Å²) in [6.45, 7) is 5.21. The number of nitro benzene ring substituents is 1. The van der Waals surface area contributed by atoms with Crippen LogP contribution < -0.4 is 0 Å². The minimum atomic E-state index is -4.18. The zero-order valence-electron chi connectivity index (χ0n) is 13.7. The van der Waals surface area contributed by atoms with Gasteiger partial charge >= 0.3 is 0 Å². The summed E-state index contributed by atoms with van der Waals surface area (Å²) >= 11 is 3.28. The van der Waals surface area contributed by atoms with Crippen LogP contribution in [0.3, 0.4) is 0 Å². The molecule has 0 amide bonds. The van der Waals surface area contributed by atoms with Crippen LogP contribution in [0.5, 0.6) is 0 Å². The molecule has 0 saturated carbocycles. The van der Waals surface area contributed by atoms with E-state index in [1.54, 1.807) is 6.92 Å². The number of rotatable bonds is 4. The second-order valence-corrected chi connectivity index (χ2v) is 8.14. The quantitative estimate of drug-likeness (QED) is 0.415. The van der Waals surface area contributed by atoms with E-state index in [-0.39, 0.29) is 28.0 Å². The third-order valence-corrected chi connectivity index (χ3v) is 5.62. The van der Waals surface area contributed by atoms with Crippen molar-refractivity contribution in [3.05, 3.63) is 56.1 Å². The molecule has 0 saturated heterocycles. The Balaban J connectivity index is 2.61. The van der Waals surface area contributed by atoms with Crippen LogP contribution in [-0.4, -0.2) is 24.8 Å². The van der Waals surface area contributed by atoms with Crippen molar-refractivity contribution in [1.29, 1.82) is 0 Å². The Kier molecular flexibility index (Phi) is 5.38. The summed E-state index contributed by atoms with van der Waals surface area (Å²) in [5, 5.41) is 10.8. The molecule has 0 N–H and O–H groups in total. The van der Waals surface area contributed by atoms with E-state index in [2.05, 4.69) is 20.3 Å². The molecule has 0 unspecified atom stereocenters. The molecule has 0 aromatic heterocycles. The Bertz CT molecular complexity index is 958. The number of ketones is 1. The van der Waals surface area contributed by atoms with Gasteiger partial charge in [0.15, 0.2) is 5.78 Å². The largest absolute Gasteiger partial charge is 0.290 e. The molecular weight excluding hydrogens is 412 g/mol. The second kappa shape index (κ2) is 7.01. The second-order valence-electron chi connectivity index (χ2n) is 5.74. The van der Waals surface area contributed by atoms with Gasteiger partial charge < -0.3 is 0 Å². The van der Waals surface area contributed by atoms with Gasteiger partial charge in [0.2, 0.25) is 0 Å². The number of non-ortho nitro benzene ring substituents is 1. The number of nitrogens with zero attached hydrogens (tertiary/aromatic N) is 2. The SMILES string of the molecule is CC1=CC(=O)C(C(C)C)=C(Br)C1=NS(=O)(=O)c1cccc([N+](=O)[O-])c1. The van der Waals surface area contributed by atoms with Crippen LogP contribution in [-0.2, 0) is 14.8 Å². The third-order valence-electron chi connectivity index (χ3n) is 3.55. The van der Waals surface area contributed by atoms with Crippen molar-refractivity contribution < 1.29 is 18.1 Å². The zero-order chi connectivity index (χ0) is 18.9. The van der Waals surface area contributed by atoms with E-state index >= 15 is 0 Å². The lowest BCUT2D eigenvalue weighted by atomic mass is 9.90. The van der Waals surface area contributed by atoms with Crippen LogP contribution >= 0.6 is 15.9 Å².